The first kappa shape index (κ1) is 22.7. The molecular formula is C22H16N6O7. The second-order valence-corrected chi connectivity index (χ2v) is 7.11. The lowest BCUT2D eigenvalue weighted by atomic mass is 10.1. The number of H-pyrrole nitrogens is 1. The molecule has 0 aliphatic carbocycles. The first-order chi connectivity index (χ1) is 16.7. The summed E-state index contributed by atoms with van der Waals surface area (Å²) in [6, 6.07) is 11.7. The van der Waals surface area contributed by atoms with Gasteiger partial charge in [0.05, 0.1) is 16.8 Å². The quantitative estimate of drug-likeness (QED) is 0.202. The molecule has 0 atom stereocenters. The van der Waals surface area contributed by atoms with Crippen LogP contribution in [0.2, 0.25) is 0 Å². The van der Waals surface area contributed by atoms with Crippen LogP contribution in [0.3, 0.4) is 0 Å². The van der Waals surface area contributed by atoms with Crippen LogP contribution in [-0.4, -0.2) is 58.8 Å². The van der Waals surface area contributed by atoms with Crippen molar-refractivity contribution in [3.8, 4) is 28.6 Å². The number of rotatable bonds is 6. The van der Waals surface area contributed by atoms with Gasteiger partial charge in [-0.2, -0.15) is 5.21 Å². The molecule has 0 aliphatic heterocycles. The van der Waals surface area contributed by atoms with E-state index in [1.54, 1.807) is 24.3 Å². The second-order valence-electron chi connectivity index (χ2n) is 7.11. The monoisotopic (exact) mass is 476 g/mol. The standard InChI is InChI=1S/C22H16N6O7/c29-16-6-5-10(7-14(16)22(34)35)23-20(32)12-8-18(31)13(9-17(12)30)21(33)24-15-4-2-1-3-11(15)19-25-27-28-26-19/h1-9,29-31H,(H,23,32)(H,24,33)(H,34,35)(H,25,26,27,28). The lowest BCUT2D eigenvalue weighted by molar-refractivity contribution is 0.0693. The SMILES string of the molecule is O=C(O)c1cc(NC(=O)c2cc(O)c(C(=O)Nc3ccccc3-c3nn[nH]n3)cc2O)ccc1O. The third kappa shape index (κ3) is 4.68. The molecule has 0 fully saturated rings. The predicted octanol–water partition coefficient (Wildman–Crippen LogP) is 2.19. The lowest BCUT2D eigenvalue weighted by Crippen LogP contribution is -2.16. The van der Waals surface area contributed by atoms with E-state index in [0.29, 0.717) is 11.3 Å². The number of carboxylic acids is 1. The molecule has 0 radical (unpaired) electrons. The minimum absolute atomic E-state index is 0.0176. The van der Waals surface area contributed by atoms with E-state index in [0.717, 1.165) is 24.3 Å². The van der Waals surface area contributed by atoms with Crippen molar-refractivity contribution in [2.24, 2.45) is 0 Å². The molecule has 3 aromatic carbocycles. The number of tetrazole rings is 1. The van der Waals surface area contributed by atoms with Gasteiger partial charge in [-0.3, -0.25) is 9.59 Å². The molecule has 7 N–H and O–H groups in total. The number of para-hydroxylation sites is 1. The Morgan fingerprint density at radius 1 is 0.771 bits per heavy atom. The first-order valence-electron chi connectivity index (χ1n) is 9.82. The molecule has 13 heteroatoms. The van der Waals surface area contributed by atoms with Gasteiger partial charge in [-0.25, -0.2) is 4.79 Å². The van der Waals surface area contributed by atoms with Crippen LogP contribution in [0.4, 0.5) is 11.4 Å². The Hall–Kier alpha value is -5.46. The Labute approximate surface area is 195 Å². The molecule has 1 aromatic heterocycles. The number of aromatic nitrogens is 4. The second kappa shape index (κ2) is 9.19. The summed E-state index contributed by atoms with van der Waals surface area (Å²) in [5.74, 6) is -4.57. The fourth-order valence-corrected chi connectivity index (χ4v) is 3.18. The molecule has 2 amide bonds. The number of amides is 2. The van der Waals surface area contributed by atoms with Crippen molar-refractivity contribution in [3.05, 3.63) is 71.3 Å². The van der Waals surface area contributed by atoms with Gasteiger partial charge in [0.25, 0.3) is 11.8 Å². The largest absolute Gasteiger partial charge is 0.507 e. The van der Waals surface area contributed by atoms with Crippen LogP contribution in [0, 0.1) is 0 Å². The Morgan fingerprint density at radius 2 is 1.43 bits per heavy atom. The van der Waals surface area contributed by atoms with Crippen molar-refractivity contribution in [2.75, 3.05) is 10.6 Å². The molecule has 1 heterocycles. The summed E-state index contributed by atoms with van der Waals surface area (Å²) in [4.78, 5) is 36.5. The lowest BCUT2D eigenvalue weighted by Gasteiger charge is -2.12. The van der Waals surface area contributed by atoms with Gasteiger partial charge in [0.1, 0.15) is 22.8 Å². The predicted molar refractivity (Wildman–Crippen MR) is 120 cm³/mol. The Morgan fingerprint density at radius 3 is 2.06 bits per heavy atom. The van der Waals surface area contributed by atoms with Gasteiger partial charge in [-0.05, 0) is 47.7 Å². The molecule has 0 aliphatic rings. The van der Waals surface area contributed by atoms with Gasteiger partial charge in [-0.15, -0.1) is 10.2 Å². The molecule has 0 unspecified atom stereocenters. The third-order valence-corrected chi connectivity index (χ3v) is 4.85. The number of nitrogens with one attached hydrogen (secondary N) is 3. The summed E-state index contributed by atoms with van der Waals surface area (Å²) in [6.45, 7) is 0. The number of aromatic carboxylic acids is 1. The Kier molecular flexibility index (Phi) is 5.96. The maximum atomic E-state index is 12.8. The van der Waals surface area contributed by atoms with Gasteiger partial charge in [0.2, 0.25) is 5.82 Å². The van der Waals surface area contributed by atoms with Crippen LogP contribution < -0.4 is 10.6 Å². The molecular weight excluding hydrogens is 460 g/mol. The van der Waals surface area contributed by atoms with Crippen LogP contribution in [0.25, 0.3) is 11.4 Å². The minimum Gasteiger partial charge on any atom is -0.507 e. The van der Waals surface area contributed by atoms with E-state index in [1.807, 2.05) is 0 Å². The molecule has 176 valence electrons. The number of hydrogen-bond donors (Lipinski definition) is 7. The topological polar surface area (TPSA) is 211 Å². The number of benzene rings is 3. The Balaban J connectivity index is 1.57. The van der Waals surface area contributed by atoms with E-state index in [2.05, 4.69) is 31.3 Å². The van der Waals surface area contributed by atoms with E-state index in [9.17, 15) is 29.7 Å². The fraction of sp³-hybridized carbons (Fsp3) is 0. The number of hydrogen-bond acceptors (Lipinski definition) is 9. The maximum absolute atomic E-state index is 12.8. The summed E-state index contributed by atoms with van der Waals surface area (Å²) >= 11 is 0. The van der Waals surface area contributed by atoms with Crippen LogP contribution in [0.15, 0.2) is 54.6 Å². The van der Waals surface area contributed by atoms with Crippen molar-refractivity contribution in [1.29, 1.82) is 0 Å². The van der Waals surface area contributed by atoms with E-state index >= 15 is 0 Å². The van der Waals surface area contributed by atoms with Crippen molar-refractivity contribution >= 4 is 29.2 Å². The summed E-state index contributed by atoms with van der Waals surface area (Å²) in [5.41, 5.74) is -0.368. The molecule has 0 spiro atoms. The van der Waals surface area contributed by atoms with Gasteiger partial charge >= 0.3 is 5.97 Å². The van der Waals surface area contributed by atoms with E-state index in [1.165, 1.54) is 6.07 Å². The number of phenolic OH excluding ortho intramolecular Hbond substituents is 2. The van der Waals surface area contributed by atoms with Crippen molar-refractivity contribution < 1.29 is 34.8 Å². The minimum atomic E-state index is -1.41. The number of aromatic hydroxyl groups is 3. The highest BCUT2D eigenvalue weighted by atomic mass is 16.4. The number of carboxylic acid groups (broad SMARTS) is 1. The smallest absolute Gasteiger partial charge is 0.339 e. The molecule has 4 aromatic rings. The van der Waals surface area contributed by atoms with Crippen LogP contribution >= 0.6 is 0 Å². The zero-order chi connectivity index (χ0) is 25.1. The number of phenols is 3. The molecule has 35 heavy (non-hydrogen) atoms. The van der Waals surface area contributed by atoms with Crippen molar-refractivity contribution in [2.45, 2.75) is 0 Å². The highest BCUT2D eigenvalue weighted by Gasteiger charge is 2.21. The van der Waals surface area contributed by atoms with Gasteiger partial charge < -0.3 is 31.1 Å². The zero-order valence-electron chi connectivity index (χ0n) is 17.6. The number of carbonyl (C=O) groups excluding carboxylic acids is 2. The third-order valence-electron chi connectivity index (χ3n) is 4.85. The van der Waals surface area contributed by atoms with E-state index in [4.69, 9.17) is 5.11 Å². The average molecular weight is 476 g/mol. The molecule has 0 saturated carbocycles. The highest BCUT2D eigenvalue weighted by Crippen LogP contribution is 2.31. The summed E-state index contributed by atoms with van der Waals surface area (Å²) in [7, 11) is 0. The first-order valence-corrected chi connectivity index (χ1v) is 9.82. The summed E-state index contributed by atoms with van der Waals surface area (Å²) in [6.07, 6.45) is 0. The molecule has 0 saturated heterocycles. The maximum Gasteiger partial charge on any atom is 0.339 e. The van der Waals surface area contributed by atoms with Crippen LogP contribution in [0.5, 0.6) is 17.2 Å². The summed E-state index contributed by atoms with van der Waals surface area (Å²) < 4.78 is 0. The number of aromatic amines is 1. The highest BCUT2D eigenvalue weighted by molar-refractivity contribution is 6.11. The fourth-order valence-electron chi connectivity index (χ4n) is 3.18. The van der Waals surface area contributed by atoms with E-state index < -0.39 is 40.6 Å². The molecule has 0 bridgehead atoms. The van der Waals surface area contributed by atoms with Crippen LogP contribution in [0.1, 0.15) is 31.1 Å². The van der Waals surface area contributed by atoms with E-state index in [-0.39, 0.29) is 22.6 Å². The van der Waals surface area contributed by atoms with Gasteiger partial charge in [0, 0.05) is 11.3 Å². The summed E-state index contributed by atoms with van der Waals surface area (Å²) in [5, 5.41) is 57.8. The average Bonchev–Trinajstić information content (AvgIpc) is 3.36. The van der Waals surface area contributed by atoms with Crippen molar-refractivity contribution in [3.63, 3.8) is 0 Å². The molecule has 4 rings (SSSR count). The van der Waals surface area contributed by atoms with Crippen LogP contribution in [-0.2, 0) is 0 Å². The number of nitrogens with zero attached hydrogens (tertiary/aromatic N) is 3. The Bertz CT molecular complexity index is 1450. The zero-order valence-corrected chi connectivity index (χ0v) is 17.6. The van der Waals surface area contributed by atoms with Gasteiger partial charge in [-0.1, -0.05) is 12.1 Å². The molecule has 13 nitrogen and oxygen atoms in total. The van der Waals surface area contributed by atoms with Crippen molar-refractivity contribution in [1.82, 2.24) is 20.6 Å². The number of carbonyl (C=O) groups is 3. The normalized spacial score (nSPS) is 10.5. The van der Waals surface area contributed by atoms with Gasteiger partial charge in [0.15, 0.2) is 0 Å². The number of anilines is 2.